The van der Waals surface area contributed by atoms with Crippen molar-refractivity contribution in [3.05, 3.63) is 70.6 Å². The Labute approximate surface area is 180 Å². The van der Waals surface area contributed by atoms with Crippen LogP contribution in [0.15, 0.2) is 60.0 Å². The zero-order valence-corrected chi connectivity index (χ0v) is 17.9. The summed E-state index contributed by atoms with van der Waals surface area (Å²) in [4.78, 5) is 25.1. The van der Waals surface area contributed by atoms with E-state index in [9.17, 15) is 9.59 Å². The highest BCUT2D eigenvalue weighted by atomic mass is 35.5. The van der Waals surface area contributed by atoms with Crippen LogP contribution in [0.25, 0.3) is 0 Å². The Hall–Kier alpha value is -3.19. The Balaban J connectivity index is 1.89. The molecular weight excluding hydrogens is 408 g/mol. The zero-order valence-electron chi connectivity index (χ0n) is 17.1. The van der Waals surface area contributed by atoms with Gasteiger partial charge in [0.05, 0.1) is 20.1 Å². The van der Waals surface area contributed by atoms with E-state index in [2.05, 4.69) is 10.6 Å². The number of urea groups is 1. The molecule has 0 bridgehead atoms. The van der Waals surface area contributed by atoms with Crippen LogP contribution in [0.3, 0.4) is 0 Å². The van der Waals surface area contributed by atoms with Crippen LogP contribution in [0.1, 0.15) is 25.3 Å². The number of carbonyl (C=O) groups excluding carboxylic acids is 2. The number of methoxy groups -OCH3 is 2. The molecule has 0 spiro atoms. The van der Waals surface area contributed by atoms with Gasteiger partial charge in [0.2, 0.25) is 5.88 Å². The average molecular weight is 431 g/mol. The van der Waals surface area contributed by atoms with Crippen LogP contribution in [-0.4, -0.2) is 31.8 Å². The first-order valence-electron chi connectivity index (χ1n) is 9.24. The van der Waals surface area contributed by atoms with Crippen LogP contribution in [0.2, 0.25) is 5.02 Å². The summed E-state index contributed by atoms with van der Waals surface area (Å²) in [5, 5.41) is 5.91. The van der Waals surface area contributed by atoms with Crippen LogP contribution >= 0.6 is 11.6 Å². The van der Waals surface area contributed by atoms with Crippen LogP contribution in [0, 0.1) is 0 Å². The minimum absolute atomic E-state index is 0.0535. The number of carbonyl (C=O) groups is 2. The fraction of sp³-hybridized carbons (Fsp3) is 0.273. The van der Waals surface area contributed by atoms with Gasteiger partial charge in [-0.2, -0.15) is 0 Å². The van der Waals surface area contributed by atoms with Gasteiger partial charge in [-0.15, -0.1) is 0 Å². The lowest BCUT2D eigenvalue weighted by molar-refractivity contribution is -0.136. The number of benzene rings is 2. The molecule has 0 aliphatic carbocycles. The minimum atomic E-state index is -0.805. The maximum Gasteiger partial charge on any atom is 0.339 e. The topological polar surface area (TPSA) is 85.9 Å². The fourth-order valence-corrected chi connectivity index (χ4v) is 3.56. The molecular formula is C22H23ClN2O5. The molecule has 158 valence electrons. The quantitative estimate of drug-likeness (QED) is 0.684. The highest BCUT2D eigenvalue weighted by molar-refractivity contribution is 6.30. The lowest BCUT2D eigenvalue weighted by Gasteiger charge is -2.28. The smallest absolute Gasteiger partial charge is 0.339 e. The summed E-state index contributed by atoms with van der Waals surface area (Å²) in [6, 6.07) is 13.4. The van der Waals surface area contributed by atoms with E-state index in [1.54, 1.807) is 43.5 Å². The second-order valence-corrected chi connectivity index (χ2v) is 7.67. The molecule has 0 radical (unpaired) electrons. The Morgan fingerprint density at radius 1 is 1.00 bits per heavy atom. The minimum Gasteiger partial charge on any atom is -0.497 e. The van der Waals surface area contributed by atoms with Crippen molar-refractivity contribution in [3.63, 3.8) is 0 Å². The molecule has 2 amide bonds. The molecule has 1 atom stereocenters. The lowest BCUT2D eigenvalue weighted by atomic mass is 9.81. The predicted octanol–water partition coefficient (Wildman–Crippen LogP) is 4.45. The first kappa shape index (κ1) is 21.5. The van der Waals surface area contributed by atoms with Gasteiger partial charge >= 0.3 is 12.0 Å². The summed E-state index contributed by atoms with van der Waals surface area (Å²) in [6.07, 6.45) is 0. The monoisotopic (exact) mass is 430 g/mol. The summed E-state index contributed by atoms with van der Waals surface area (Å²) >= 11 is 6.00. The number of nitrogens with one attached hydrogen (secondary N) is 2. The van der Waals surface area contributed by atoms with E-state index >= 15 is 0 Å². The number of amides is 2. The second kappa shape index (κ2) is 8.67. The molecule has 1 unspecified atom stereocenters. The molecule has 8 heteroatoms. The van der Waals surface area contributed by atoms with Gasteiger partial charge in [-0.05, 0) is 55.8 Å². The number of rotatable bonds is 5. The second-order valence-electron chi connectivity index (χ2n) is 7.23. The number of hydrogen-bond donors (Lipinski definition) is 2. The van der Waals surface area contributed by atoms with Crippen molar-refractivity contribution in [3.8, 4) is 5.75 Å². The van der Waals surface area contributed by atoms with Crippen LogP contribution in [0.4, 0.5) is 10.5 Å². The molecule has 0 saturated heterocycles. The van der Waals surface area contributed by atoms with E-state index in [1.807, 2.05) is 26.0 Å². The highest BCUT2D eigenvalue weighted by Gasteiger charge is 2.48. The van der Waals surface area contributed by atoms with Gasteiger partial charge < -0.3 is 19.5 Å². The summed E-state index contributed by atoms with van der Waals surface area (Å²) in [5.41, 5.74) is 0.798. The van der Waals surface area contributed by atoms with Gasteiger partial charge in [0.25, 0.3) is 0 Å². The molecule has 2 aromatic carbocycles. The summed E-state index contributed by atoms with van der Waals surface area (Å²) in [7, 11) is 2.85. The SMILES string of the molecule is COC(=O)C1=C(NC(=O)Nc2ccc(OC)cc2)OC(C)(C)C1c1ccc(Cl)cc1. The maximum atomic E-state index is 12.6. The van der Waals surface area contributed by atoms with Crippen molar-refractivity contribution in [2.24, 2.45) is 0 Å². The molecule has 2 aromatic rings. The molecule has 3 rings (SSSR count). The van der Waals surface area contributed by atoms with Crippen LogP contribution in [-0.2, 0) is 14.3 Å². The molecule has 0 fully saturated rings. The molecule has 1 aliphatic rings. The van der Waals surface area contributed by atoms with Gasteiger partial charge in [-0.3, -0.25) is 5.32 Å². The van der Waals surface area contributed by atoms with Gasteiger partial charge in [0.1, 0.15) is 16.9 Å². The van der Waals surface area contributed by atoms with E-state index in [1.165, 1.54) is 7.11 Å². The van der Waals surface area contributed by atoms with Gasteiger partial charge in [0.15, 0.2) is 0 Å². The largest absolute Gasteiger partial charge is 0.497 e. The van der Waals surface area contributed by atoms with Crippen molar-refractivity contribution < 1.29 is 23.8 Å². The van der Waals surface area contributed by atoms with E-state index in [0.717, 1.165) is 5.56 Å². The highest BCUT2D eigenvalue weighted by Crippen LogP contribution is 2.45. The Kier molecular flexibility index (Phi) is 6.22. The first-order valence-corrected chi connectivity index (χ1v) is 9.62. The molecule has 1 aliphatic heterocycles. The third-order valence-electron chi connectivity index (χ3n) is 4.78. The van der Waals surface area contributed by atoms with Gasteiger partial charge in [-0.25, -0.2) is 9.59 Å². The summed E-state index contributed by atoms with van der Waals surface area (Å²) < 4.78 is 16.1. The lowest BCUT2D eigenvalue weighted by Crippen LogP contribution is -2.32. The third kappa shape index (κ3) is 4.52. The third-order valence-corrected chi connectivity index (χ3v) is 5.03. The maximum absolute atomic E-state index is 12.6. The Morgan fingerprint density at radius 3 is 2.20 bits per heavy atom. The van der Waals surface area contributed by atoms with Crippen molar-refractivity contribution in [2.45, 2.75) is 25.4 Å². The molecule has 0 saturated carbocycles. The fourth-order valence-electron chi connectivity index (χ4n) is 3.43. The Morgan fingerprint density at radius 2 is 1.63 bits per heavy atom. The number of ether oxygens (including phenoxy) is 3. The van der Waals surface area contributed by atoms with E-state index < -0.39 is 23.5 Å². The number of anilines is 1. The standard InChI is InChI=1S/C22H23ClN2O5/c1-22(2)18(13-5-7-14(23)8-6-13)17(20(26)29-4)19(30-22)25-21(27)24-15-9-11-16(28-3)12-10-15/h5-12,18H,1-4H3,(H2,24,25,27). The van der Waals surface area contributed by atoms with Crippen molar-refractivity contribution >= 4 is 29.3 Å². The first-order chi connectivity index (χ1) is 14.2. The molecule has 2 N–H and O–H groups in total. The van der Waals surface area contributed by atoms with Gasteiger partial charge in [0, 0.05) is 10.7 Å². The number of esters is 1. The van der Waals surface area contributed by atoms with E-state index in [-0.39, 0.29) is 11.5 Å². The zero-order chi connectivity index (χ0) is 21.9. The van der Waals surface area contributed by atoms with Crippen LogP contribution in [0.5, 0.6) is 5.75 Å². The summed E-state index contributed by atoms with van der Waals surface area (Å²) in [6.45, 7) is 3.68. The van der Waals surface area contributed by atoms with Crippen molar-refractivity contribution in [1.29, 1.82) is 0 Å². The molecule has 0 aromatic heterocycles. The molecule has 1 heterocycles. The number of hydrogen-bond acceptors (Lipinski definition) is 5. The van der Waals surface area contributed by atoms with Crippen molar-refractivity contribution in [2.75, 3.05) is 19.5 Å². The van der Waals surface area contributed by atoms with Crippen molar-refractivity contribution in [1.82, 2.24) is 5.32 Å². The predicted molar refractivity (Wildman–Crippen MR) is 114 cm³/mol. The number of halogens is 1. The van der Waals surface area contributed by atoms with Gasteiger partial charge in [-0.1, -0.05) is 23.7 Å². The molecule has 7 nitrogen and oxygen atoms in total. The summed E-state index contributed by atoms with van der Waals surface area (Å²) in [5.74, 6) is -0.320. The van der Waals surface area contributed by atoms with Crippen LogP contribution < -0.4 is 15.4 Å². The average Bonchev–Trinajstić information content (AvgIpc) is 2.98. The van der Waals surface area contributed by atoms with E-state index in [4.69, 9.17) is 25.8 Å². The Bertz CT molecular complexity index is 968. The molecule has 30 heavy (non-hydrogen) atoms. The van der Waals surface area contributed by atoms with E-state index in [0.29, 0.717) is 16.5 Å². The normalized spacial score (nSPS) is 17.2.